The molecule has 1 atom stereocenters. The van der Waals surface area contributed by atoms with Gasteiger partial charge in [0.15, 0.2) is 5.82 Å². The number of hydrogen-bond acceptors (Lipinski definition) is 3. The number of nitrogens with one attached hydrogen (secondary N) is 2. The van der Waals surface area contributed by atoms with Crippen LogP contribution in [0.5, 0.6) is 0 Å². The van der Waals surface area contributed by atoms with Crippen LogP contribution in [0.1, 0.15) is 45.2 Å². The van der Waals surface area contributed by atoms with Crippen LogP contribution in [-0.4, -0.2) is 33.1 Å². The van der Waals surface area contributed by atoms with Gasteiger partial charge in [-0.25, -0.2) is 4.79 Å². The molecule has 2 rings (SSSR count). The molecule has 1 heterocycles. The summed E-state index contributed by atoms with van der Waals surface area (Å²) in [5.41, 5.74) is 0.283. The maximum Gasteiger partial charge on any atom is 0.320 e. The molecule has 3 N–H and O–H groups in total. The zero-order valence-electron chi connectivity index (χ0n) is 14.5. The molecule has 0 radical (unpaired) electrons. The fraction of sp³-hybridized carbons (Fsp3) is 0.444. The average Bonchev–Trinajstić information content (AvgIpc) is 3.08. The molecule has 0 bridgehead atoms. The maximum atomic E-state index is 12.0. The van der Waals surface area contributed by atoms with Crippen LogP contribution in [0.4, 0.5) is 10.6 Å². The van der Waals surface area contributed by atoms with Crippen molar-refractivity contribution < 1.29 is 9.90 Å². The highest BCUT2D eigenvalue weighted by Gasteiger charge is 2.22. The van der Waals surface area contributed by atoms with Crippen LogP contribution in [0.25, 0.3) is 0 Å². The molecule has 0 aliphatic rings. The first-order valence-electron chi connectivity index (χ1n) is 8.34. The molecule has 0 saturated carbocycles. The van der Waals surface area contributed by atoms with Crippen LogP contribution in [0, 0.1) is 0 Å². The number of anilines is 1. The van der Waals surface area contributed by atoms with Crippen LogP contribution in [0.2, 0.25) is 0 Å². The smallest absolute Gasteiger partial charge is 0.320 e. The minimum Gasteiger partial charge on any atom is -0.388 e. The highest BCUT2D eigenvalue weighted by atomic mass is 16.3. The van der Waals surface area contributed by atoms with Crippen molar-refractivity contribution in [1.29, 1.82) is 0 Å². The highest BCUT2D eigenvalue weighted by Crippen LogP contribution is 2.18. The van der Waals surface area contributed by atoms with Crippen molar-refractivity contribution in [3.63, 3.8) is 0 Å². The molecule has 0 saturated heterocycles. The third-order valence-corrected chi connectivity index (χ3v) is 4.42. The van der Waals surface area contributed by atoms with Crippen molar-refractivity contribution in [2.75, 3.05) is 11.9 Å². The Morgan fingerprint density at radius 2 is 1.92 bits per heavy atom. The van der Waals surface area contributed by atoms with Gasteiger partial charge in [-0.3, -0.25) is 10.00 Å². The van der Waals surface area contributed by atoms with Crippen LogP contribution in [0.15, 0.2) is 42.6 Å². The fourth-order valence-corrected chi connectivity index (χ4v) is 2.41. The normalized spacial score (nSPS) is 12.7. The monoisotopic (exact) mass is 330 g/mol. The summed E-state index contributed by atoms with van der Waals surface area (Å²) in [7, 11) is 0. The largest absolute Gasteiger partial charge is 0.388 e. The quantitative estimate of drug-likeness (QED) is 0.729. The number of carbonyl (C=O) groups is 1. The Morgan fingerprint density at radius 1 is 1.25 bits per heavy atom. The van der Waals surface area contributed by atoms with E-state index in [1.165, 1.54) is 0 Å². The number of benzene rings is 1. The van der Waals surface area contributed by atoms with Gasteiger partial charge in [-0.2, -0.15) is 5.10 Å². The van der Waals surface area contributed by atoms with Crippen molar-refractivity contribution in [3.05, 3.63) is 48.2 Å². The molecule has 0 aliphatic heterocycles. The molecule has 1 aromatic carbocycles. The first-order chi connectivity index (χ1) is 11.5. The molecule has 6 heteroatoms. The fourth-order valence-electron chi connectivity index (χ4n) is 2.41. The molecule has 0 spiro atoms. The minimum absolute atomic E-state index is 0.0788. The lowest BCUT2D eigenvalue weighted by atomic mass is 9.98. The Balaban J connectivity index is 1.93. The van der Waals surface area contributed by atoms with Crippen molar-refractivity contribution in [1.82, 2.24) is 15.1 Å². The van der Waals surface area contributed by atoms with Gasteiger partial charge in [0.1, 0.15) is 0 Å². The number of carbonyl (C=O) groups excluding carboxylic acids is 1. The Bertz CT molecular complexity index is 650. The Kier molecular flexibility index (Phi) is 5.98. The standard InChI is InChI=1S/C18H26N4O2/c1-4-18(24,5-2)13-19-17(23)20-16-11-12-22(21-16)14(3)15-9-7-6-8-10-15/h6-12,14,24H,4-5,13H2,1-3H3,(H2,19,20,21,23). The van der Waals surface area contributed by atoms with Gasteiger partial charge in [0.05, 0.1) is 11.6 Å². The summed E-state index contributed by atoms with van der Waals surface area (Å²) in [6, 6.07) is 11.5. The Labute approximate surface area is 142 Å². The van der Waals surface area contributed by atoms with Crippen molar-refractivity contribution >= 4 is 11.8 Å². The van der Waals surface area contributed by atoms with Crippen LogP contribution < -0.4 is 10.6 Å². The number of aromatic nitrogens is 2. The maximum absolute atomic E-state index is 12.0. The van der Waals surface area contributed by atoms with Gasteiger partial charge in [0.2, 0.25) is 0 Å². The van der Waals surface area contributed by atoms with E-state index in [0.29, 0.717) is 18.7 Å². The van der Waals surface area contributed by atoms with E-state index in [2.05, 4.69) is 22.7 Å². The Hall–Kier alpha value is -2.34. The lowest BCUT2D eigenvalue weighted by Gasteiger charge is -2.25. The van der Waals surface area contributed by atoms with Gasteiger partial charge in [-0.15, -0.1) is 0 Å². The van der Waals surface area contributed by atoms with E-state index in [0.717, 1.165) is 5.56 Å². The topological polar surface area (TPSA) is 79.2 Å². The van der Waals surface area contributed by atoms with E-state index in [-0.39, 0.29) is 18.6 Å². The molecule has 2 aromatic rings. The van der Waals surface area contributed by atoms with Crippen molar-refractivity contribution in [3.8, 4) is 0 Å². The molecular weight excluding hydrogens is 304 g/mol. The predicted octanol–water partition coefficient (Wildman–Crippen LogP) is 3.17. The molecule has 6 nitrogen and oxygen atoms in total. The minimum atomic E-state index is -0.863. The number of urea groups is 1. The molecule has 1 aromatic heterocycles. The van der Waals surface area contributed by atoms with E-state index >= 15 is 0 Å². The first-order valence-corrected chi connectivity index (χ1v) is 8.34. The summed E-state index contributed by atoms with van der Waals surface area (Å²) < 4.78 is 1.80. The third-order valence-electron chi connectivity index (χ3n) is 4.42. The highest BCUT2D eigenvalue weighted by molar-refractivity contribution is 5.88. The van der Waals surface area contributed by atoms with Gasteiger partial charge < -0.3 is 10.4 Å². The zero-order valence-corrected chi connectivity index (χ0v) is 14.5. The molecule has 0 aliphatic carbocycles. The lowest BCUT2D eigenvalue weighted by Crippen LogP contribution is -2.43. The first kappa shape index (κ1) is 18.0. The van der Waals surface area contributed by atoms with Crippen LogP contribution in [0.3, 0.4) is 0 Å². The third kappa shape index (κ3) is 4.58. The lowest BCUT2D eigenvalue weighted by molar-refractivity contribution is 0.0354. The second-order valence-electron chi connectivity index (χ2n) is 6.01. The Morgan fingerprint density at radius 3 is 2.54 bits per heavy atom. The van der Waals surface area contributed by atoms with E-state index in [9.17, 15) is 9.90 Å². The molecule has 24 heavy (non-hydrogen) atoms. The average molecular weight is 330 g/mol. The van der Waals surface area contributed by atoms with Crippen molar-refractivity contribution in [2.45, 2.75) is 45.3 Å². The van der Waals surface area contributed by atoms with Gasteiger partial charge in [0.25, 0.3) is 0 Å². The van der Waals surface area contributed by atoms with Crippen molar-refractivity contribution in [2.24, 2.45) is 0 Å². The van der Waals surface area contributed by atoms with Gasteiger partial charge in [-0.1, -0.05) is 44.2 Å². The second kappa shape index (κ2) is 7.97. The zero-order chi connectivity index (χ0) is 17.6. The van der Waals surface area contributed by atoms with E-state index in [4.69, 9.17) is 0 Å². The molecule has 0 fully saturated rings. The predicted molar refractivity (Wildman–Crippen MR) is 95.0 cm³/mol. The summed E-state index contributed by atoms with van der Waals surface area (Å²) in [5, 5.41) is 20.0. The van der Waals surface area contributed by atoms with Gasteiger partial charge in [0, 0.05) is 18.8 Å². The van der Waals surface area contributed by atoms with E-state index in [1.807, 2.05) is 50.4 Å². The summed E-state index contributed by atoms with van der Waals surface area (Å²) >= 11 is 0. The molecule has 2 amide bonds. The second-order valence-corrected chi connectivity index (χ2v) is 6.01. The summed E-state index contributed by atoms with van der Waals surface area (Å²) in [5.74, 6) is 0.479. The molecule has 130 valence electrons. The molecule has 1 unspecified atom stereocenters. The summed E-state index contributed by atoms with van der Waals surface area (Å²) in [4.78, 5) is 12.0. The van der Waals surface area contributed by atoms with Crippen LogP contribution >= 0.6 is 0 Å². The van der Waals surface area contributed by atoms with Crippen LogP contribution in [-0.2, 0) is 0 Å². The summed E-state index contributed by atoms with van der Waals surface area (Å²) in [6.45, 7) is 6.06. The molecular formula is C18H26N4O2. The number of rotatable bonds is 7. The van der Waals surface area contributed by atoms with E-state index < -0.39 is 5.60 Å². The van der Waals surface area contributed by atoms with Gasteiger partial charge >= 0.3 is 6.03 Å². The van der Waals surface area contributed by atoms with Gasteiger partial charge in [-0.05, 0) is 25.3 Å². The number of aliphatic hydroxyl groups is 1. The SMILES string of the molecule is CCC(O)(CC)CNC(=O)Nc1ccn(C(C)c2ccccc2)n1. The number of nitrogens with zero attached hydrogens (tertiary/aromatic N) is 2. The van der Waals surface area contributed by atoms with E-state index in [1.54, 1.807) is 10.7 Å². The number of hydrogen-bond donors (Lipinski definition) is 3. The number of amides is 2. The summed E-state index contributed by atoms with van der Waals surface area (Å²) in [6.07, 6.45) is 3.02.